The highest BCUT2D eigenvalue weighted by Crippen LogP contribution is 2.22. The number of esters is 1. The Morgan fingerprint density at radius 2 is 1.77 bits per heavy atom. The van der Waals surface area contributed by atoms with Crippen LogP contribution in [0.3, 0.4) is 0 Å². The molecule has 0 aliphatic rings. The van der Waals surface area contributed by atoms with E-state index in [1.807, 2.05) is 0 Å². The van der Waals surface area contributed by atoms with Crippen molar-refractivity contribution in [3.05, 3.63) is 53.8 Å². The van der Waals surface area contributed by atoms with Gasteiger partial charge in [-0.1, -0.05) is 19.9 Å². The van der Waals surface area contributed by atoms with Crippen molar-refractivity contribution in [2.24, 2.45) is 0 Å². The van der Waals surface area contributed by atoms with Gasteiger partial charge in [0.15, 0.2) is 6.61 Å². The third kappa shape index (κ3) is 6.25. The molecule has 0 saturated carbocycles. The summed E-state index contributed by atoms with van der Waals surface area (Å²) in [7, 11) is -3.85. The molecule has 31 heavy (non-hydrogen) atoms. The van der Waals surface area contributed by atoms with Crippen LogP contribution in [0.5, 0.6) is 5.75 Å². The Balaban J connectivity index is 2.21. The number of carbonyl (C=O) groups is 2. The van der Waals surface area contributed by atoms with Crippen LogP contribution in [0, 0.1) is 5.82 Å². The maximum Gasteiger partial charge on any atom is 0.344 e. The topological polar surface area (TPSA) is 102 Å². The first-order valence-electron chi connectivity index (χ1n) is 9.72. The van der Waals surface area contributed by atoms with Crippen LogP contribution in [-0.4, -0.2) is 50.9 Å². The molecule has 8 nitrogen and oxygen atoms in total. The Morgan fingerprint density at radius 1 is 1.06 bits per heavy atom. The highest BCUT2D eigenvalue weighted by molar-refractivity contribution is 7.89. The molecule has 1 amide bonds. The van der Waals surface area contributed by atoms with E-state index in [1.165, 1.54) is 10.4 Å². The van der Waals surface area contributed by atoms with Crippen molar-refractivity contribution in [2.75, 3.05) is 31.6 Å². The summed E-state index contributed by atoms with van der Waals surface area (Å²) in [5.74, 6) is -1.92. The Hall–Kier alpha value is -2.98. The molecule has 0 aliphatic carbocycles. The number of hydrogen-bond acceptors (Lipinski definition) is 6. The van der Waals surface area contributed by atoms with Gasteiger partial charge in [-0.25, -0.2) is 17.6 Å². The summed E-state index contributed by atoms with van der Waals surface area (Å²) in [5.41, 5.74) is -0.131. The molecule has 2 rings (SSSR count). The Morgan fingerprint density at radius 3 is 2.42 bits per heavy atom. The van der Waals surface area contributed by atoms with Gasteiger partial charge in [0.25, 0.3) is 5.91 Å². The summed E-state index contributed by atoms with van der Waals surface area (Å²) in [6, 6.07) is 9.24. The second kappa shape index (κ2) is 10.9. The summed E-state index contributed by atoms with van der Waals surface area (Å²) in [6.45, 7) is 5.48. The van der Waals surface area contributed by atoms with E-state index < -0.39 is 33.3 Å². The van der Waals surface area contributed by atoms with Crippen LogP contribution in [0.25, 0.3) is 0 Å². The van der Waals surface area contributed by atoms with Crippen molar-refractivity contribution in [2.45, 2.75) is 25.7 Å². The first-order chi connectivity index (χ1) is 14.7. The minimum Gasteiger partial charge on any atom is -0.482 e. The van der Waals surface area contributed by atoms with E-state index >= 15 is 0 Å². The lowest BCUT2D eigenvalue weighted by atomic mass is 10.2. The fraction of sp³-hybridized carbons (Fsp3) is 0.333. The van der Waals surface area contributed by atoms with E-state index in [4.69, 9.17) is 9.47 Å². The van der Waals surface area contributed by atoms with Gasteiger partial charge in [0, 0.05) is 24.8 Å². The second-order valence-corrected chi connectivity index (χ2v) is 8.24. The SMILES string of the molecule is CCOC(=O)COc1cccc(NC(=O)c2cc(S(=O)(=O)N(CC)CC)ccc2F)c1. The molecule has 0 fully saturated rings. The van der Waals surface area contributed by atoms with Crippen molar-refractivity contribution in [1.82, 2.24) is 4.31 Å². The number of anilines is 1. The number of nitrogens with one attached hydrogen (secondary N) is 1. The molecule has 0 spiro atoms. The zero-order chi connectivity index (χ0) is 23.0. The van der Waals surface area contributed by atoms with Crippen molar-refractivity contribution in [1.29, 1.82) is 0 Å². The van der Waals surface area contributed by atoms with E-state index in [0.717, 1.165) is 18.2 Å². The molecular weight excluding hydrogens is 427 g/mol. The van der Waals surface area contributed by atoms with E-state index in [9.17, 15) is 22.4 Å². The quantitative estimate of drug-likeness (QED) is 0.556. The van der Waals surface area contributed by atoms with Crippen LogP contribution >= 0.6 is 0 Å². The third-order valence-electron chi connectivity index (χ3n) is 4.28. The number of ether oxygens (including phenoxy) is 2. The van der Waals surface area contributed by atoms with Gasteiger partial charge in [-0.15, -0.1) is 0 Å². The van der Waals surface area contributed by atoms with Crippen molar-refractivity contribution >= 4 is 27.6 Å². The Kier molecular flexibility index (Phi) is 8.52. The number of carbonyl (C=O) groups excluding carboxylic acids is 2. The van der Waals surface area contributed by atoms with Gasteiger partial charge in [0.2, 0.25) is 10.0 Å². The lowest BCUT2D eigenvalue weighted by molar-refractivity contribution is -0.145. The van der Waals surface area contributed by atoms with Gasteiger partial charge in [-0.2, -0.15) is 4.31 Å². The molecule has 2 aromatic carbocycles. The predicted octanol–water partition coefficient (Wildman–Crippen LogP) is 3.05. The maximum atomic E-state index is 14.3. The van der Waals surface area contributed by atoms with Gasteiger partial charge in [-0.05, 0) is 37.3 Å². The van der Waals surface area contributed by atoms with Crippen LogP contribution < -0.4 is 10.1 Å². The molecule has 1 N–H and O–H groups in total. The number of amides is 1. The van der Waals surface area contributed by atoms with Gasteiger partial charge < -0.3 is 14.8 Å². The fourth-order valence-corrected chi connectivity index (χ4v) is 4.24. The summed E-state index contributed by atoms with van der Waals surface area (Å²) >= 11 is 0. The standard InChI is InChI=1S/C21H25FN2O6S/c1-4-24(5-2)31(27,28)17-10-11-19(22)18(13-17)21(26)23-15-8-7-9-16(12-15)30-14-20(25)29-6-3/h7-13H,4-6,14H2,1-3H3,(H,23,26). The summed E-state index contributed by atoms with van der Waals surface area (Å²) < 4.78 is 50.9. The molecule has 0 radical (unpaired) electrons. The molecule has 0 bridgehead atoms. The fourth-order valence-electron chi connectivity index (χ4n) is 2.76. The number of sulfonamides is 1. The smallest absolute Gasteiger partial charge is 0.344 e. The lowest BCUT2D eigenvalue weighted by Gasteiger charge is -2.19. The average Bonchev–Trinajstić information content (AvgIpc) is 2.73. The van der Waals surface area contributed by atoms with E-state index in [-0.39, 0.29) is 36.9 Å². The molecule has 0 heterocycles. The maximum absolute atomic E-state index is 14.3. The molecule has 168 valence electrons. The normalized spacial score (nSPS) is 11.3. The van der Waals surface area contributed by atoms with Gasteiger partial charge in [0.1, 0.15) is 11.6 Å². The van der Waals surface area contributed by atoms with E-state index in [1.54, 1.807) is 39.0 Å². The Labute approximate surface area is 181 Å². The number of rotatable bonds is 10. The predicted molar refractivity (Wildman–Crippen MR) is 113 cm³/mol. The highest BCUT2D eigenvalue weighted by atomic mass is 32.2. The zero-order valence-electron chi connectivity index (χ0n) is 17.6. The van der Waals surface area contributed by atoms with Gasteiger partial charge >= 0.3 is 5.97 Å². The minimum atomic E-state index is -3.85. The van der Waals surface area contributed by atoms with Crippen molar-refractivity contribution in [3.8, 4) is 5.75 Å². The van der Waals surface area contributed by atoms with Gasteiger partial charge in [-0.3, -0.25) is 4.79 Å². The molecule has 0 unspecified atom stereocenters. The monoisotopic (exact) mass is 452 g/mol. The summed E-state index contributed by atoms with van der Waals surface area (Å²) in [6.07, 6.45) is 0. The molecule has 0 aromatic heterocycles. The van der Waals surface area contributed by atoms with Crippen LogP contribution in [0.1, 0.15) is 31.1 Å². The number of benzene rings is 2. The first-order valence-corrected chi connectivity index (χ1v) is 11.2. The van der Waals surface area contributed by atoms with Crippen LogP contribution in [-0.2, 0) is 19.6 Å². The zero-order valence-corrected chi connectivity index (χ0v) is 18.4. The molecule has 10 heteroatoms. The molecule has 0 aliphatic heterocycles. The van der Waals surface area contributed by atoms with Crippen LogP contribution in [0.2, 0.25) is 0 Å². The second-order valence-electron chi connectivity index (χ2n) is 6.31. The molecular formula is C21H25FN2O6S. The number of nitrogens with zero attached hydrogens (tertiary/aromatic N) is 1. The average molecular weight is 453 g/mol. The third-order valence-corrected chi connectivity index (χ3v) is 6.33. The molecule has 0 atom stereocenters. The Bertz CT molecular complexity index is 1040. The van der Waals surface area contributed by atoms with Gasteiger partial charge in [0.05, 0.1) is 17.1 Å². The van der Waals surface area contributed by atoms with Crippen LogP contribution in [0.15, 0.2) is 47.4 Å². The first kappa shape index (κ1) is 24.3. The summed E-state index contributed by atoms with van der Waals surface area (Å²) in [5, 5.41) is 2.50. The molecule has 2 aromatic rings. The largest absolute Gasteiger partial charge is 0.482 e. The lowest BCUT2D eigenvalue weighted by Crippen LogP contribution is -2.31. The highest BCUT2D eigenvalue weighted by Gasteiger charge is 2.24. The van der Waals surface area contributed by atoms with Crippen LogP contribution in [0.4, 0.5) is 10.1 Å². The molecule has 0 saturated heterocycles. The number of hydrogen-bond donors (Lipinski definition) is 1. The minimum absolute atomic E-state index is 0.172. The summed E-state index contributed by atoms with van der Waals surface area (Å²) in [4.78, 5) is 23.8. The van der Waals surface area contributed by atoms with Crippen molar-refractivity contribution in [3.63, 3.8) is 0 Å². The van der Waals surface area contributed by atoms with E-state index in [0.29, 0.717) is 5.75 Å². The van der Waals surface area contributed by atoms with Crippen molar-refractivity contribution < 1.29 is 31.9 Å². The van der Waals surface area contributed by atoms with E-state index in [2.05, 4.69) is 5.32 Å². The number of halogens is 1.